The number of para-hydroxylation sites is 1. The third-order valence-electron chi connectivity index (χ3n) is 3.06. The zero-order valence-corrected chi connectivity index (χ0v) is 11.2. The highest BCUT2D eigenvalue weighted by Crippen LogP contribution is 2.21. The number of carboxylic acids is 1. The van der Waals surface area contributed by atoms with Gasteiger partial charge in [-0.3, -0.25) is 0 Å². The minimum absolute atomic E-state index is 0.300. The lowest BCUT2D eigenvalue weighted by molar-refractivity contribution is 0.0698. The van der Waals surface area contributed by atoms with E-state index in [0.29, 0.717) is 30.8 Å². The number of hydrogen-bond donors (Lipinski definition) is 1. The van der Waals surface area contributed by atoms with E-state index < -0.39 is 5.97 Å². The van der Waals surface area contributed by atoms with Crippen LogP contribution in [0.3, 0.4) is 0 Å². The van der Waals surface area contributed by atoms with E-state index in [1.165, 1.54) is 0 Å². The quantitative estimate of drug-likeness (QED) is 0.812. The molecule has 1 aromatic heterocycles. The predicted octanol–water partition coefficient (Wildman–Crippen LogP) is 2.47. The van der Waals surface area contributed by atoms with Gasteiger partial charge < -0.3 is 14.4 Å². The molecule has 0 spiro atoms. The summed E-state index contributed by atoms with van der Waals surface area (Å²) in [7, 11) is 0. The van der Waals surface area contributed by atoms with Crippen LogP contribution in [0.25, 0.3) is 11.0 Å². The Labute approximate surface area is 111 Å². The second-order valence-corrected chi connectivity index (χ2v) is 4.34. The van der Waals surface area contributed by atoms with Crippen LogP contribution in [0.5, 0.6) is 0 Å². The molecule has 0 atom stereocenters. The zero-order chi connectivity index (χ0) is 13.8. The monoisotopic (exact) mass is 262 g/mol. The fourth-order valence-electron chi connectivity index (χ4n) is 2.22. The van der Waals surface area contributed by atoms with Crippen molar-refractivity contribution in [3.63, 3.8) is 0 Å². The van der Waals surface area contributed by atoms with Gasteiger partial charge in [0.2, 0.25) is 0 Å². The lowest BCUT2D eigenvalue weighted by atomic mass is 10.2. The molecule has 2 rings (SSSR count). The topological polar surface area (TPSA) is 64.4 Å². The molecule has 1 heterocycles. The van der Waals surface area contributed by atoms with E-state index in [-0.39, 0.29) is 0 Å². The van der Waals surface area contributed by atoms with E-state index in [1.54, 1.807) is 12.1 Å². The molecule has 2 aromatic rings. The number of imidazole rings is 1. The Kier molecular flexibility index (Phi) is 4.16. The van der Waals surface area contributed by atoms with Crippen LogP contribution < -0.4 is 0 Å². The van der Waals surface area contributed by atoms with E-state index in [2.05, 4.69) is 4.98 Å². The molecule has 5 heteroatoms. The van der Waals surface area contributed by atoms with Gasteiger partial charge in [0.1, 0.15) is 5.82 Å². The number of rotatable bonds is 6. The normalized spacial score (nSPS) is 11.1. The Morgan fingerprint density at radius 1 is 1.47 bits per heavy atom. The van der Waals surface area contributed by atoms with Gasteiger partial charge in [-0.1, -0.05) is 6.07 Å². The first-order valence-corrected chi connectivity index (χ1v) is 6.42. The summed E-state index contributed by atoms with van der Waals surface area (Å²) in [6, 6.07) is 5.18. The zero-order valence-electron chi connectivity index (χ0n) is 11.2. The summed E-state index contributed by atoms with van der Waals surface area (Å²) in [5, 5.41) is 9.26. The lowest BCUT2D eigenvalue weighted by Crippen LogP contribution is -2.07. The maximum absolute atomic E-state index is 11.3. The summed E-state index contributed by atoms with van der Waals surface area (Å²) < 4.78 is 7.27. The number of ether oxygens (including phenoxy) is 1. The number of fused-ring (bicyclic) bond motifs is 1. The maximum atomic E-state index is 11.3. The van der Waals surface area contributed by atoms with Crippen molar-refractivity contribution in [2.75, 3.05) is 13.2 Å². The average Bonchev–Trinajstić information content (AvgIpc) is 2.70. The molecule has 0 amide bonds. The number of aromatic carboxylic acids is 1. The molecule has 0 aliphatic carbocycles. The largest absolute Gasteiger partial charge is 0.478 e. The Bertz CT molecular complexity index is 590. The molecule has 0 fully saturated rings. The van der Waals surface area contributed by atoms with Crippen molar-refractivity contribution < 1.29 is 14.6 Å². The van der Waals surface area contributed by atoms with Crippen LogP contribution >= 0.6 is 0 Å². The molecule has 0 radical (unpaired) electrons. The molecule has 0 aliphatic rings. The molecule has 0 saturated carbocycles. The molecule has 1 N–H and O–H groups in total. The highest BCUT2D eigenvalue weighted by molar-refractivity contribution is 6.01. The van der Waals surface area contributed by atoms with Gasteiger partial charge in [0, 0.05) is 19.8 Å². The van der Waals surface area contributed by atoms with Crippen molar-refractivity contribution in [2.45, 2.75) is 26.8 Å². The van der Waals surface area contributed by atoms with E-state index in [1.807, 2.05) is 24.5 Å². The van der Waals surface area contributed by atoms with Gasteiger partial charge in [0.15, 0.2) is 0 Å². The molecule has 102 valence electrons. The van der Waals surface area contributed by atoms with Crippen molar-refractivity contribution >= 4 is 17.0 Å². The number of carboxylic acid groups (broad SMARTS) is 1. The molecule has 0 bridgehead atoms. The molecule has 5 nitrogen and oxygen atoms in total. The first-order valence-electron chi connectivity index (χ1n) is 6.42. The summed E-state index contributed by atoms with van der Waals surface area (Å²) in [5.74, 6) is -0.0863. The van der Waals surface area contributed by atoms with Crippen LogP contribution in [-0.4, -0.2) is 33.8 Å². The number of benzene rings is 1. The van der Waals surface area contributed by atoms with E-state index in [0.717, 1.165) is 17.8 Å². The molecular weight excluding hydrogens is 244 g/mol. The number of carbonyl (C=O) groups is 1. The molecule has 0 unspecified atom stereocenters. The Hall–Kier alpha value is -1.88. The maximum Gasteiger partial charge on any atom is 0.337 e. The SMILES string of the molecule is CCOCCCn1c(C)nc2cccc(C(=O)O)c21. The van der Waals surface area contributed by atoms with Crippen LogP contribution in [0.4, 0.5) is 0 Å². The van der Waals surface area contributed by atoms with Gasteiger partial charge in [0.25, 0.3) is 0 Å². The van der Waals surface area contributed by atoms with Crippen LogP contribution in [0.15, 0.2) is 18.2 Å². The molecule has 0 saturated heterocycles. The van der Waals surface area contributed by atoms with Gasteiger partial charge in [-0.25, -0.2) is 9.78 Å². The molecule has 1 aromatic carbocycles. The van der Waals surface area contributed by atoms with E-state index in [4.69, 9.17) is 4.74 Å². The summed E-state index contributed by atoms with van der Waals surface area (Å²) in [4.78, 5) is 15.7. The van der Waals surface area contributed by atoms with Crippen LogP contribution in [0.1, 0.15) is 29.5 Å². The molecular formula is C14H18N2O3. The van der Waals surface area contributed by atoms with E-state index >= 15 is 0 Å². The third kappa shape index (κ3) is 2.76. The Balaban J connectivity index is 2.36. The van der Waals surface area contributed by atoms with Crippen LogP contribution in [0, 0.1) is 6.92 Å². The highest BCUT2D eigenvalue weighted by Gasteiger charge is 2.15. The fourth-order valence-corrected chi connectivity index (χ4v) is 2.22. The third-order valence-corrected chi connectivity index (χ3v) is 3.06. The fraction of sp³-hybridized carbons (Fsp3) is 0.429. The lowest BCUT2D eigenvalue weighted by Gasteiger charge is -2.08. The standard InChI is InChI=1S/C14H18N2O3/c1-3-19-9-5-8-16-10(2)15-12-7-4-6-11(13(12)16)14(17)18/h4,6-7H,3,5,8-9H2,1-2H3,(H,17,18). The predicted molar refractivity (Wildman–Crippen MR) is 72.5 cm³/mol. The molecule has 0 aliphatic heterocycles. The number of nitrogens with zero attached hydrogens (tertiary/aromatic N) is 2. The number of hydrogen-bond acceptors (Lipinski definition) is 3. The summed E-state index contributed by atoms with van der Waals surface area (Å²) in [6.07, 6.45) is 0.841. The Morgan fingerprint density at radius 2 is 2.26 bits per heavy atom. The number of aromatic nitrogens is 2. The van der Waals surface area contributed by atoms with Crippen molar-refractivity contribution in [1.29, 1.82) is 0 Å². The summed E-state index contributed by atoms with van der Waals surface area (Å²) in [5.41, 5.74) is 1.73. The highest BCUT2D eigenvalue weighted by atomic mass is 16.5. The number of aryl methyl sites for hydroxylation is 2. The van der Waals surface area contributed by atoms with Gasteiger partial charge in [-0.2, -0.15) is 0 Å². The second-order valence-electron chi connectivity index (χ2n) is 4.34. The van der Waals surface area contributed by atoms with Crippen LogP contribution in [-0.2, 0) is 11.3 Å². The van der Waals surface area contributed by atoms with Crippen molar-refractivity contribution in [1.82, 2.24) is 9.55 Å². The summed E-state index contributed by atoms with van der Waals surface area (Å²) in [6.45, 7) is 5.94. The summed E-state index contributed by atoms with van der Waals surface area (Å²) >= 11 is 0. The molecule has 19 heavy (non-hydrogen) atoms. The minimum Gasteiger partial charge on any atom is -0.478 e. The van der Waals surface area contributed by atoms with Crippen molar-refractivity contribution in [3.05, 3.63) is 29.6 Å². The van der Waals surface area contributed by atoms with Gasteiger partial charge in [-0.15, -0.1) is 0 Å². The minimum atomic E-state index is -0.920. The van der Waals surface area contributed by atoms with Gasteiger partial charge in [0.05, 0.1) is 16.6 Å². The van der Waals surface area contributed by atoms with Crippen molar-refractivity contribution in [3.8, 4) is 0 Å². The van der Waals surface area contributed by atoms with Gasteiger partial charge >= 0.3 is 5.97 Å². The first-order chi connectivity index (χ1) is 9.15. The Morgan fingerprint density at radius 3 is 2.95 bits per heavy atom. The average molecular weight is 262 g/mol. The second kappa shape index (κ2) is 5.84. The van der Waals surface area contributed by atoms with Gasteiger partial charge in [-0.05, 0) is 32.4 Å². The van der Waals surface area contributed by atoms with Crippen LogP contribution in [0.2, 0.25) is 0 Å². The van der Waals surface area contributed by atoms with Crippen molar-refractivity contribution in [2.24, 2.45) is 0 Å². The first kappa shape index (κ1) is 13.5. The smallest absolute Gasteiger partial charge is 0.337 e. The van der Waals surface area contributed by atoms with E-state index in [9.17, 15) is 9.90 Å².